The van der Waals surface area contributed by atoms with Crippen LogP contribution in [0.1, 0.15) is 258 Å². The van der Waals surface area contributed by atoms with E-state index < -0.39 is 6.10 Å². The van der Waals surface area contributed by atoms with Crippen molar-refractivity contribution < 1.29 is 28.6 Å². The van der Waals surface area contributed by atoms with E-state index in [0.717, 1.165) is 70.6 Å². The van der Waals surface area contributed by atoms with Crippen LogP contribution in [0.3, 0.4) is 0 Å². The fourth-order valence-electron chi connectivity index (χ4n) is 6.96. The molecule has 0 aliphatic rings. The Morgan fingerprint density at radius 1 is 0.339 bits per heavy atom. The zero-order chi connectivity index (χ0) is 40.8. The van der Waals surface area contributed by atoms with Gasteiger partial charge in [0.2, 0.25) is 0 Å². The summed E-state index contributed by atoms with van der Waals surface area (Å²) in [6, 6.07) is 0. The summed E-state index contributed by atoms with van der Waals surface area (Å²) in [5.41, 5.74) is 0. The molecule has 0 radical (unpaired) electrons. The molecule has 0 saturated heterocycles. The molecule has 328 valence electrons. The summed E-state index contributed by atoms with van der Waals surface area (Å²) >= 11 is 0. The van der Waals surface area contributed by atoms with Crippen molar-refractivity contribution >= 4 is 17.9 Å². The van der Waals surface area contributed by atoms with Crippen LogP contribution in [0.15, 0.2) is 24.3 Å². The van der Waals surface area contributed by atoms with Gasteiger partial charge in [-0.05, 0) is 70.6 Å². The van der Waals surface area contributed by atoms with E-state index in [2.05, 4.69) is 45.1 Å². The Kier molecular flexibility index (Phi) is 43.9. The van der Waals surface area contributed by atoms with Crippen molar-refractivity contribution in [1.29, 1.82) is 0 Å². The van der Waals surface area contributed by atoms with E-state index in [0.29, 0.717) is 19.3 Å². The zero-order valence-corrected chi connectivity index (χ0v) is 37.4. The molecule has 0 heterocycles. The fourth-order valence-corrected chi connectivity index (χ4v) is 6.96. The molecule has 0 unspecified atom stereocenters. The van der Waals surface area contributed by atoms with E-state index in [1.54, 1.807) is 0 Å². The van der Waals surface area contributed by atoms with Gasteiger partial charge in [0.15, 0.2) is 6.10 Å². The van der Waals surface area contributed by atoms with E-state index in [9.17, 15) is 14.4 Å². The maximum absolute atomic E-state index is 12.7. The molecule has 0 bridgehead atoms. The highest BCUT2D eigenvalue weighted by molar-refractivity contribution is 5.71. The van der Waals surface area contributed by atoms with E-state index >= 15 is 0 Å². The number of ether oxygens (including phenoxy) is 3. The molecule has 0 aliphatic heterocycles. The summed E-state index contributed by atoms with van der Waals surface area (Å²) in [6.07, 6.45) is 50.2. The lowest BCUT2D eigenvalue weighted by atomic mass is 10.1. The lowest BCUT2D eigenvalue weighted by Crippen LogP contribution is -2.30. The third-order valence-electron chi connectivity index (χ3n) is 10.7. The maximum Gasteiger partial charge on any atom is 0.306 e. The van der Waals surface area contributed by atoms with E-state index in [-0.39, 0.29) is 31.1 Å². The van der Waals surface area contributed by atoms with Gasteiger partial charge in [-0.3, -0.25) is 14.4 Å². The lowest BCUT2D eigenvalue weighted by molar-refractivity contribution is -0.167. The minimum atomic E-state index is -0.771. The Morgan fingerprint density at radius 3 is 0.893 bits per heavy atom. The Labute approximate surface area is 347 Å². The lowest BCUT2D eigenvalue weighted by Gasteiger charge is -2.18. The van der Waals surface area contributed by atoms with Gasteiger partial charge < -0.3 is 14.2 Å². The Balaban J connectivity index is 4.29. The van der Waals surface area contributed by atoms with E-state index in [1.807, 2.05) is 0 Å². The van der Waals surface area contributed by atoms with Crippen LogP contribution in [-0.2, 0) is 28.6 Å². The number of hydrogen-bond donors (Lipinski definition) is 0. The maximum atomic E-state index is 12.7. The number of rotatable bonds is 44. The normalized spacial score (nSPS) is 11.6. The third kappa shape index (κ3) is 43.0. The number of allylic oxidation sites excluding steroid dienone is 4. The Morgan fingerprint density at radius 2 is 0.589 bits per heavy atom. The molecule has 0 spiro atoms. The summed E-state index contributed by atoms with van der Waals surface area (Å²) in [7, 11) is 0. The average molecular weight is 789 g/mol. The first-order valence-electron chi connectivity index (χ1n) is 24.3. The predicted octanol–water partition coefficient (Wildman–Crippen LogP) is 15.6. The minimum Gasteiger partial charge on any atom is -0.462 e. The number of carbonyl (C=O) groups is 3. The molecule has 0 rings (SSSR count). The number of unbranched alkanes of at least 4 members (excludes halogenated alkanes) is 29. The smallest absolute Gasteiger partial charge is 0.306 e. The SMILES string of the molecule is CCCCCCCC/C=C\CCCCCCCC(=O)OCC(COC(=O)CCCCCCC/C=C\CCCCCCCC)OC(=O)CCCCCCCCCC. The first kappa shape index (κ1) is 53.9. The van der Waals surface area contributed by atoms with E-state index in [4.69, 9.17) is 14.2 Å². The molecule has 0 aromatic rings. The van der Waals surface area contributed by atoms with Crippen molar-refractivity contribution in [2.24, 2.45) is 0 Å². The van der Waals surface area contributed by atoms with Gasteiger partial charge in [-0.25, -0.2) is 0 Å². The molecule has 0 N–H and O–H groups in total. The quantitative estimate of drug-likeness (QED) is 0.0265. The van der Waals surface area contributed by atoms with Crippen molar-refractivity contribution in [2.45, 2.75) is 264 Å². The minimum absolute atomic E-state index is 0.0756. The highest BCUT2D eigenvalue weighted by Gasteiger charge is 2.19. The molecule has 56 heavy (non-hydrogen) atoms. The van der Waals surface area contributed by atoms with Crippen LogP contribution in [0.25, 0.3) is 0 Å². The molecular formula is C50H92O6. The largest absolute Gasteiger partial charge is 0.462 e. The molecule has 6 nitrogen and oxygen atoms in total. The highest BCUT2D eigenvalue weighted by Crippen LogP contribution is 2.14. The molecule has 0 fully saturated rings. The van der Waals surface area contributed by atoms with Crippen LogP contribution >= 0.6 is 0 Å². The first-order valence-corrected chi connectivity index (χ1v) is 24.3. The van der Waals surface area contributed by atoms with Crippen molar-refractivity contribution in [3.63, 3.8) is 0 Å². The molecule has 6 heteroatoms. The molecule has 0 aromatic carbocycles. The molecule has 0 aromatic heterocycles. The van der Waals surface area contributed by atoms with Crippen molar-refractivity contribution in [3.05, 3.63) is 24.3 Å². The van der Waals surface area contributed by atoms with Crippen molar-refractivity contribution in [3.8, 4) is 0 Å². The van der Waals surface area contributed by atoms with Gasteiger partial charge in [-0.15, -0.1) is 0 Å². The van der Waals surface area contributed by atoms with Gasteiger partial charge in [-0.2, -0.15) is 0 Å². The second kappa shape index (κ2) is 45.6. The summed E-state index contributed by atoms with van der Waals surface area (Å²) in [6.45, 7) is 6.59. The second-order valence-corrected chi connectivity index (χ2v) is 16.4. The van der Waals surface area contributed by atoms with Gasteiger partial charge in [0, 0.05) is 19.3 Å². The molecular weight excluding hydrogens is 697 g/mol. The van der Waals surface area contributed by atoms with Crippen LogP contribution in [0.4, 0.5) is 0 Å². The summed E-state index contributed by atoms with van der Waals surface area (Å²) in [4.78, 5) is 37.7. The van der Waals surface area contributed by atoms with Crippen molar-refractivity contribution in [2.75, 3.05) is 13.2 Å². The number of carbonyl (C=O) groups excluding carboxylic acids is 3. The summed E-state index contributed by atoms with van der Waals surface area (Å²) in [5, 5.41) is 0. The van der Waals surface area contributed by atoms with Crippen molar-refractivity contribution in [1.82, 2.24) is 0 Å². The summed E-state index contributed by atoms with van der Waals surface area (Å²) in [5.74, 6) is -0.889. The van der Waals surface area contributed by atoms with Crippen LogP contribution in [0, 0.1) is 0 Å². The molecule has 0 atom stereocenters. The standard InChI is InChI=1S/C50H92O6/c1-4-7-10-13-16-19-21-23-25-27-29-31-34-36-39-42-48(51)54-45-47(56-50(53)44-41-38-33-18-15-12-9-6-3)46-55-49(52)43-40-37-35-32-30-28-26-24-22-20-17-14-11-8-5-2/h23-26,47H,4-22,27-46H2,1-3H3/b25-23-,26-24-. The summed E-state index contributed by atoms with van der Waals surface area (Å²) < 4.78 is 16.7. The number of hydrogen-bond acceptors (Lipinski definition) is 6. The fraction of sp³-hybridized carbons (Fsp3) is 0.860. The van der Waals surface area contributed by atoms with Crippen LogP contribution in [0.2, 0.25) is 0 Å². The van der Waals surface area contributed by atoms with Gasteiger partial charge >= 0.3 is 17.9 Å². The molecule has 0 amide bonds. The highest BCUT2D eigenvalue weighted by atomic mass is 16.6. The Bertz CT molecular complexity index is 855. The Hall–Kier alpha value is -2.11. The van der Waals surface area contributed by atoms with Gasteiger partial charge in [0.05, 0.1) is 0 Å². The van der Waals surface area contributed by atoms with Gasteiger partial charge in [0.25, 0.3) is 0 Å². The molecule has 0 aliphatic carbocycles. The molecule has 0 saturated carbocycles. The average Bonchev–Trinajstić information content (AvgIpc) is 3.19. The van der Waals surface area contributed by atoms with Gasteiger partial charge in [-0.1, -0.05) is 193 Å². The topological polar surface area (TPSA) is 78.9 Å². The van der Waals surface area contributed by atoms with Crippen LogP contribution in [0.5, 0.6) is 0 Å². The third-order valence-corrected chi connectivity index (χ3v) is 10.7. The van der Waals surface area contributed by atoms with Crippen LogP contribution in [-0.4, -0.2) is 37.2 Å². The first-order chi connectivity index (χ1) is 27.5. The predicted molar refractivity (Wildman–Crippen MR) is 238 cm³/mol. The van der Waals surface area contributed by atoms with E-state index in [1.165, 1.54) is 148 Å². The zero-order valence-electron chi connectivity index (χ0n) is 37.4. The second-order valence-electron chi connectivity index (χ2n) is 16.4. The van der Waals surface area contributed by atoms with Gasteiger partial charge in [0.1, 0.15) is 13.2 Å². The van der Waals surface area contributed by atoms with Crippen LogP contribution < -0.4 is 0 Å². The number of esters is 3. The monoisotopic (exact) mass is 789 g/mol.